The minimum atomic E-state index is 0.180. The lowest BCUT2D eigenvalue weighted by Gasteiger charge is -2.32. The zero-order valence-corrected chi connectivity index (χ0v) is 21.1. The maximum absolute atomic E-state index is 2.63. The summed E-state index contributed by atoms with van der Waals surface area (Å²) in [5.74, 6) is 0. The van der Waals surface area contributed by atoms with Crippen LogP contribution in [-0.2, 0) is 0 Å². The number of para-hydroxylation sites is 3. The average Bonchev–Trinajstić information content (AvgIpc) is 3.52. The highest BCUT2D eigenvalue weighted by molar-refractivity contribution is 6.88. The van der Waals surface area contributed by atoms with Crippen LogP contribution in [0.15, 0.2) is 127 Å². The molecule has 0 spiro atoms. The Morgan fingerprint density at radius 1 is 0.410 bits per heavy atom. The van der Waals surface area contributed by atoms with E-state index in [9.17, 15) is 0 Å². The minimum absolute atomic E-state index is 0.180. The van der Waals surface area contributed by atoms with Crippen LogP contribution >= 0.6 is 0 Å². The van der Waals surface area contributed by atoms with Gasteiger partial charge in [-0.25, -0.2) is 0 Å². The second kappa shape index (κ2) is 6.89. The summed E-state index contributed by atoms with van der Waals surface area (Å²) in [5.41, 5.74) is 14.5. The number of rotatable bonds is 1. The third-order valence-corrected chi connectivity index (χ3v) is 9.09. The maximum Gasteiger partial charge on any atom is 0.329 e. The number of hydrogen-bond acceptors (Lipinski definition) is 0. The second-order valence-electron chi connectivity index (χ2n) is 10.9. The van der Waals surface area contributed by atoms with Crippen molar-refractivity contribution in [3.05, 3.63) is 127 Å². The number of fused-ring (bicyclic) bond motifs is 10. The van der Waals surface area contributed by atoms with Crippen LogP contribution in [0.1, 0.15) is 0 Å². The summed E-state index contributed by atoms with van der Waals surface area (Å²) in [6.45, 7) is 0.180. The van der Waals surface area contributed by atoms with Crippen LogP contribution in [0.4, 0.5) is 0 Å². The van der Waals surface area contributed by atoms with Crippen molar-refractivity contribution in [2.24, 2.45) is 0 Å². The molecule has 2 aromatic heterocycles. The molecule has 0 amide bonds. The molecular formula is C36H21BN2. The normalized spacial score (nSPS) is 13.1. The van der Waals surface area contributed by atoms with Crippen LogP contribution in [0.3, 0.4) is 0 Å². The van der Waals surface area contributed by atoms with Gasteiger partial charge >= 0.3 is 6.85 Å². The SMILES string of the molecule is c1ccc2c(c1)B1c3ccccc3-c3cc(-n4c5ccccc5c5ccccc54)cc4c5cccc-2c5n1c34. The Balaban J connectivity index is 1.44. The van der Waals surface area contributed by atoms with Gasteiger partial charge in [0.2, 0.25) is 0 Å². The van der Waals surface area contributed by atoms with Gasteiger partial charge in [0.15, 0.2) is 0 Å². The van der Waals surface area contributed by atoms with Crippen molar-refractivity contribution < 1.29 is 0 Å². The van der Waals surface area contributed by atoms with Crippen LogP contribution in [0.25, 0.3) is 71.6 Å². The molecule has 6 aromatic carbocycles. The molecule has 0 saturated heterocycles. The summed E-state index contributed by atoms with van der Waals surface area (Å²) in [5, 5.41) is 5.24. The van der Waals surface area contributed by atoms with Gasteiger partial charge in [-0.05, 0) is 46.3 Å². The molecule has 0 saturated carbocycles. The van der Waals surface area contributed by atoms with Gasteiger partial charge in [-0.1, -0.05) is 103 Å². The van der Waals surface area contributed by atoms with Crippen molar-refractivity contribution in [2.75, 3.05) is 0 Å². The molecule has 0 fully saturated rings. The van der Waals surface area contributed by atoms with Crippen molar-refractivity contribution in [1.82, 2.24) is 9.05 Å². The molecule has 0 N–H and O–H groups in total. The number of aromatic nitrogens is 2. The molecule has 4 heterocycles. The van der Waals surface area contributed by atoms with Gasteiger partial charge < -0.3 is 9.05 Å². The van der Waals surface area contributed by atoms with Gasteiger partial charge in [-0.3, -0.25) is 0 Å². The first-order chi connectivity index (χ1) is 19.4. The van der Waals surface area contributed by atoms with Gasteiger partial charge in [0.1, 0.15) is 0 Å². The molecule has 0 radical (unpaired) electrons. The monoisotopic (exact) mass is 492 g/mol. The van der Waals surface area contributed by atoms with Crippen LogP contribution in [0.5, 0.6) is 0 Å². The van der Waals surface area contributed by atoms with Crippen molar-refractivity contribution in [3.63, 3.8) is 0 Å². The highest BCUT2D eigenvalue weighted by Gasteiger charge is 2.39. The molecule has 0 bridgehead atoms. The fraction of sp³-hybridized carbons (Fsp3) is 0. The van der Waals surface area contributed by atoms with E-state index < -0.39 is 0 Å². The smallest absolute Gasteiger partial charge is 0.329 e. The quantitative estimate of drug-likeness (QED) is 0.210. The summed E-state index contributed by atoms with van der Waals surface area (Å²) in [4.78, 5) is 0. The molecule has 3 heteroatoms. The number of benzene rings is 6. The molecule has 39 heavy (non-hydrogen) atoms. The van der Waals surface area contributed by atoms with E-state index in [1.54, 1.807) is 0 Å². The lowest BCUT2D eigenvalue weighted by Crippen LogP contribution is -2.53. The zero-order valence-electron chi connectivity index (χ0n) is 21.1. The predicted octanol–water partition coefficient (Wildman–Crippen LogP) is 7.51. The lowest BCUT2D eigenvalue weighted by molar-refractivity contribution is 1.18. The van der Waals surface area contributed by atoms with Crippen molar-refractivity contribution in [2.45, 2.75) is 0 Å². The molecule has 2 aliphatic heterocycles. The average molecular weight is 492 g/mol. The first-order valence-corrected chi connectivity index (χ1v) is 13.7. The third-order valence-electron chi connectivity index (χ3n) is 9.09. The molecular weight excluding hydrogens is 471 g/mol. The predicted molar refractivity (Wildman–Crippen MR) is 165 cm³/mol. The van der Waals surface area contributed by atoms with Crippen LogP contribution in [-0.4, -0.2) is 15.9 Å². The summed E-state index contributed by atoms with van der Waals surface area (Å²) < 4.78 is 5.09. The van der Waals surface area contributed by atoms with Gasteiger partial charge in [0, 0.05) is 49.4 Å². The molecule has 8 aromatic rings. The molecule has 2 nitrogen and oxygen atoms in total. The Morgan fingerprint density at radius 3 is 1.67 bits per heavy atom. The van der Waals surface area contributed by atoms with E-state index in [0.717, 1.165) is 0 Å². The van der Waals surface area contributed by atoms with Gasteiger partial charge in [-0.2, -0.15) is 0 Å². The topological polar surface area (TPSA) is 9.86 Å². The fourth-order valence-electron chi connectivity index (χ4n) is 7.63. The minimum Gasteiger partial charge on any atom is -0.375 e. The highest BCUT2D eigenvalue weighted by Crippen LogP contribution is 2.46. The number of nitrogens with zero attached hydrogens (tertiary/aromatic N) is 2. The van der Waals surface area contributed by atoms with E-state index in [1.807, 2.05) is 0 Å². The molecule has 0 aliphatic carbocycles. The van der Waals surface area contributed by atoms with Gasteiger partial charge in [0.25, 0.3) is 0 Å². The molecule has 0 atom stereocenters. The first-order valence-electron chi connectivity index (χ1n) is 13.7. The Kier molecular flexibility index (Phi) is 3.54. The summed E-state index contributed by atoms with van der Waals surface area (Å²) in [7, 11) is 0. The lowest BCUT2D eigenvalue weighted by atomic mass is 9.45. The largest absolute Gasteiger partial charge is 0.375 e. The van der Waals surface area contributed by atoms with E-state index in [2.05, 4.69) is 136 Å². The maximum atomic E-state index is 2.63. The van der Waals surface area contributed by atoms with E-state index in [0.29, 0.717) is 0 Å². The third kappa shape index (κ3) is 2.31. The standard InChI is InChI=1S/C36H21BN2/c1-5-16-31-23(10-1)27-14-9-15-28-30-21-22(38-33-18-7-3-12-25(33)26-13-4-8-19-34(26)38)20-29-24-11-2-6-17-32(24)37(31)39(35(27)28)36(29)30/h1-21H. The van der Waals surface area contributed by atoms with Crippen LogP contribution < -0.4 is 10.9 Å². The van der Waals surface area contributed by atoms with Crippen molar-refractivity contribution in [3.8, 4) is 27.9 Å². The molecule has 10 rings (SSSR count). The second-order valence-corrected chi connectivity index (χ2v) is 10.9. The zero-order chi connectivity index (χ0) is 25.2. The first kappa shape index (κ1) is 20.0. The Morgan fingerprint density at radius 2 is 0.949 bits per heavy atom. The highest BCUT2D eigenvalue weighted by atomic mass is 15.0. The van der Waals surface area contributed by atoms with Gasteiger partial charge in [-0.15, -0.1) is 0 Å². The van der Waals surface area contributed by atoms with Crippen molar-refractivity contribution >= 4 is 61.4 Å². The summed E-state index contributed by atoms with van der Waals surface area (Å²) in [6, 6.07) is 47.3. The van der Waals surface area contributed by atoms with E-state index in [4.69, 9.17) is 0 Å². The summed E-state index contributed by atoms with van der Waals surface area (Å²) in [6.07, 6.45) is 0. The molecule has 178 valence electrons. The molecule has 0 unspecified atom stereocenters. The molecule has 2 aliphatic rings. The fourth-order valence-corrected chi connectivity index (χ4v) is 7.63. The Hall–Kier alpha value is -5.02. The van der Waals surface area contributed by atoms with E-state index in [-0.39, 0.29) is 6.85 Å². The Labute approximate surface area is 225 Å². The van der Waals surface area contributed by atoms with E-state index in [1.165, 1.54) is 82.5 Å². The van der Waals surface area contributed by atoms with E-state index >= 15 is 0 Å². The summed E-state index contributed by atoms with van der Waals surface area (Å²) >= 11 is 0. The van der Waals surface area contributed by atoms with Crippen LogP contribution in [0.2, 0.25) is 0 Å². The van der Waals surface area contributed by atoms with Gasteiger partial charge in [0.05, 0.1) is 11.0 Å². The number of hydrogen-bond donors (Lipinski definition) is 0. The Bertz CT molecular complexity index is 2300. The van der Waals surface area contributed by atoms with Crippen LogP contribution in [0, 0.1) is 0 Å². The van der Waals surface area contributed by atoms with Crippen molar-refractivity contribution in [1.29, 1.82) is 0 Å².